The average Bonchev–Trinajstić information content (AvgIpc) is 3.15. The number of aliphatic imine (C=N–C) groups is 1. The van der Waals surface area contributed by atoms with Gasteiger partial charge in [0.2, 0.25) is 5.89 Å². The van der Waals surface area contributed by atoms with Crippen LogP contribution in [0.2, 0.25) is 0 Å². The fourth-order valence-electron chi connectivity index (χ4n) is 2.32. The maximum Gasteiger partial charge on any atom is 0.232 e. The molecule has 0 aliphatic carbocycles. The molecule has 0 fully saturated rings. The second-order valence-electron chi connectivity index (χ2n) is 7.38. The lowest BCUT2D eigenvalue weighted by molar-refractivity contribution is 0.281. The predicted molar refractivity (Wildman–Crippen MR) is 109 cm³/mol. The summed E-state index contributed by atoms with van der Waals surface area (Å²) in [6, 6.07) is 7.53. The molecule has 0 spiro atoms. The number of hydrogen-bond acceptors (Lipinski definition) is 6. The van der Waals surface area contributed by atoms with E-state index in [1.807, 2.05) is 63.9 Å². The van der Waals surface area contributed by atoms with Gasteiger partial charge in [0.15, 0.2) is 11.8 Å². The Balaban J connectivity index is 1.90. The van der Waals surface area contributed by atoms with E-state index in [0.717, 1.165) is 24.0 Å². The maximum absolute atomic E-state index is 5.79. The molecule has 0 atom stereocenters. The van der Waals surface area contributed by atoms with E-state index in [2.05, 4.69) is 20.4 Å². The van der Waals surface area contributed by atoms with Crippen LogP contribution in [-0.4, -0.2) is 54.9 Å². The second kappa shape index (κ2) is 9.96. The van der Waals surface area contributed by atoms with E-state index in [4.69, 9.17) is 14.0 Å². The zero-order valence-electron chi connectivity index (χ0n) is 17.7. The van der Waals surface area contributed by atoms with Crippen molar-refractivity contribution in [3.8, 4) is 11.5 Å². The zero-order chi connectivity index (χ0) is 20.6. The molecule has 0 bridgehead atoms. The van der Waals surface area contributed by atoms with Crippen LogP contribution in [0.25, 0.3) is 0 Å². The molecule has 2 aromatic rings. The molecular weight excluding hydrogens is 358 g/mol. The van der Waals surface area contributed by atoms with Crippen molar-refractivity contribution in [2.45, 2.75) is 39.7 Å². The van der Waals surface area contributed by atoms with E-state index in [0.29, 0.717) is 31.4 Å². The molecule has 1 aromatic heterocycles. The Morgan fingerprint density at radius 2 is 1.89 bits per heavy atom. The van der Waals surface area contributed by atoms with Crippen molar-refractivity contribution in [3.63, 3.8) is 0 Å². The molecule has 0 amide bonds. The van der Waals surface area contributed by atoms with Gasteiger partial charge in [-0.15, -0.1) is 0 Å². The highest BCUT2D eigenvalue weighted by atomic mass is 16.5. The number of rotatable bonds is 8. The van der Waals surface area contributed by atoms with E-state index >= 15 is 0 Å². The van der Waals surface area contributed by atoms with Crippen LogP contribution in [0.1, 0.15) is 39.4 Å². The van der Waals surface area contributed by atoms with Crippen LogP contribution in [0, 0.1) is 0 Å². The van der Waals surface area contributed by atoms with Crippen molar-refractivity contribution in [3.05, 3.63) is 36.0 Å². The third-order valence-corrected chi connectivity index (χ3v) is 3.93. The van der Waals surface area contributed by atoms with Gasteiger partial charge in [0, 0.05) is 19.0 Å². The summed E-state index contributed by atoms with van der Waals surface area (Å²) in [6.07, 6.45) is 0. The lowest BCUT2D eigenvalue weighted by atomic mass is 9.97. The number of benzene rings is 1. The summed E-state index contributed by atoms with van der Waals surface area (Å²) in [5, 5.41) is 7.29. The number of aromatic nitrogens is 2. The highest BCUT2D eigenvalue weighted by Crippen LogP contribution is 2.20. The molecule has 2 rings (SSSR count). The Kier molecular flexibility index (Phi) is 7.66. The molecule has 0 aliphatic rings. The van der Waals surface area contributed by atoms with Crippen molar-refractivity contribution in [1.29, 1.82) is 0 Å². The van der Waals surface area contributed by atoms with Gasteiger partial charge in [-0.3, -0.25) is 0 Å². The smallest absolute Gasteiger partial charge is 0.232 e. The van der Waals surface area contributed by atoms with Crippen LogP contribution in [-0.2, 0) is 12.0 Å². The van der Waals surface area contributed by atoms with Gasteiger partial charge in [-0.05, 0) is 31.2 Å². The Bertz CT molecular complexity index is 750. The fourth-order valence-corrected chi connectivity index (χ4v) is 2.32. The topological polar surface area (TPSA) is 85.0 Å². The summed E-state index contributed by atoms with van der Waals surface area (Å²) in [7, 11) is 3.61. The number of methoxy groups -OCH3 is 1. The van der Waals surface area contributed by atoms with Gasteiger partial charge in [-0.25, -0.2) is 4.99 Å². The van der Waals surface area contributed by atoms with Gasteiger partial charge >= 0.3 is 0 Å². The molecule has 8 heteroatoms. The van der Waals surface area contributed by atoms with Gasteiger partial charge in [0.1, 0.15) is 24.7 Å². The van der Waals surface area contributed by atoms with Crippen molar-refractivity contribution >= 4 is 5.96 Å². The van der Waals surface area contributed by atoms with E-state index in [1.54, 1.807) is 7.11 Å². The standard InChI is InChI=1S/C20H31N5O3/c1-7-21-19(22-14-17-23-18(28-24-17)20(2,3)4)25(5)12-13-27-16-10-8-15(26-6)9-11-16/h8-11H,7,12-14H2,1-6H3,(H,21,22). The zero-order valence-corrected chi connectivity index (χ0v) is 17.7. The minimum absolute atomic E-state index is 0.172. The normalized spacial score (nSPS) is 12.0. The predicted octanol–water partition coefficient (Wildman–Crippen LogP) is 2.85. The van der Waals surface area contributed by atoms with E-state index in [1.165, 1.54) is 0 Å². The van der Waals surface area contributed by atoms with Crippen molar-refractivity contribution in [2.75, 3.05) is 33.9 Å². The Morgan fingerprint density at radius 1 is 1.21 bits per heavy atom. The molecule has 154 valence electrons. The fraction of sp³-hybridized carbons (Fsp3) is 0.550. The molecule has 1 heterocycles. The summed E-state index contributed by atoms with van der Waals surface area (Å²) in [5.41, 5.74) is -0.172. The van der Waals surface area contributed by atoms with Gasteiger partial charge in [-0.1, -0.05) is 25.9 Å². The quantitative estimate of drug-likeness (QED) is 0.549. The first kappa shape index (κ1) is 21.5. The molecular formula is C20H31N5O3. The molecule has 0 radical (unpaired) electrons. The summed E-state index contributed by atoms with van der Waals surface area (Å²) in [6.45, 7) is 10.5. The number of nitrogens with zero attached hydrogens (tertiary/aromatic N) is 4. The summed E-state index contributed by atoms with van der Waals surface area (Å²) >= 11 is 0. The molecule has 1 aromatic carbocycles. The minimum Gasteiger partial charge on any atom is -0.497 e. The first-order valence-electron chi connectivity index (χ1n) is 9.43. The Morgan fingerprint density at radius 3 is 2.46 bits per heavy atom. The van der Waals surface area contributed by atoms with Crippen LogP contribution in [0.4, 0.5) is 0 Å². The number of ether oxygens (including phenoxy) is 2. The molecule has 0 aliphatic heterocycles. The Hall–Kier alpha value is -2.77. The van der Waals surface area contributed by atoms with Gasteiger partial charge < -0.3 is 24.2 Å². The van der Waals surface area contributed by atoms with E-state index in [-0.39, 0.29) is 5.41 Å². The summed E-state index contributed by atoms with van der Waals surface area (Å²) < 4.78 is 16.3. The lowest BCUT2D eigenvalue weighted by Crippen LogP contribution is -2.40. The molecule has 8 nitrogen and oxygen atoms in total. The number of nitrogens with one attached hydrogen (secondary N) is 1. The third-order valence-electron chi connectivity index (χ3n) is 3.93. The lowest BCUT2D eigenvalue weighted by Gasteiger charge is -2.22. The molecule has 0 saturated carbocycles. The Labute approximate surface area is 166 Å². The first-order valence-corrected chi connectivity index (χ1v) is 9.43. The largest absolute Gasteiger partial charge is 0.497 e. The molecule has 1 N–H and O–H groups in total. The highest BCUT2D eigenvalue weighted by molar-refractivity contribution is 5.79. The van der Waals surface area contributed by atoms with Gasteiger partial charge in [0.05, 0.1) is 13.7 Å². The summed E-state index contributed by atoms with van der Waals surface area (Å²) in [4.78, 5) is 11.0. The maximum atomic E-state index is 5.79. The number of likely N-dealkylation sites (N-methyl/N-ethyl adjacent to an activating group) is 1. The second-order valence-corrected chi connectivity index (χ2v) is 7.38. The van der Waals surface area contributed by atoms with Crippen molar-refractivity contribution < 1.29 is 14.0 Å². The molecule has 0 unspecified atom stereocenters. The minimum atomic E-state index is -0.172. The van der Waals surface area contributed by atoms with Gasteiger partial charge in [0.25, 0.3) is 0 Å². The van der Waals surface area contributed by atoms with Crippen LogP contribution in [0.15, 0.2) is 33.8 Å². The monoisotopic (exact) mass is 389 g/mol. The average molecular weight is 390 g/mol. The SMILES string of the molecule is CCNC(=NCc1noc(C(C)(C)C)n1)N(C)CCOc1ccc(OC)cc1. The van der Waals surface area contributed by atoms with Crippen LogP contribution in [0.3, 0.4) is 0 Å². The van der Waals surface area contributed by atoms with Crippen LogP contribution >= 0.6 is 0 Å². The first-order chi connectivity index (χ1) is 13.3. The van der Waals surface area contributed by atoms with E-state index in [9.17, 15) is 0 Å². The number of guanidine groups is 1. The van der Waals surface area contributed by atoms with Gasteiger partial charge in [-0.2, -0.15) is 4.98 Å². The van der Waals surface area contributed by atoms with Crippen molar-refractivity contribution in [2.24, 2.45) is 4.99 Å². The van der Waals surface area contributed by atoms with Crippen molar-refractivity contribution in [1.82, 2.24) is 20.4 Å². The molecule has 0 saturated heterocycles. The third kappa shape index (κ3) is 6.44. The van der Waals surface area contributed by atoms with Crippen LogP contribution < -0.4 is 14.8 Å². The van der Waals surface area contributed by atoms with E-state index < -0.39 is 0 Å². The van der Waals surface area contributed by atoms with Crippen LogP contribution in [0.5, 0.6) is 11.5 Å². The highest BCUT2D eigenvalue weighted by Gasteiger charge is 2.21. The number of hydrogen-bond donors (Lipinski definition) is 1. The molecule has 28 heavy (non-hydrogen) atoms. The summed E-state index contributed by atoms with van der Waals surface area (Å²) in [5.74, 6) is 3.56.